The van der Waals surface area contributed by atoms with E-state index in [9.17, 15) is 4.79 Å². The molecule has 0 fully saturated rings. The summed E-state index contributed by atoms with van der Waals surface area (Å²) in [4.78, 5) is 15.1. The molecule has 0 aliphatic carbocycles. The Balaban J connectivity index is 1.60. The average molecular weight is 313 g/mol. The van der Waals surface area contributed by atoms with Gasteiger partial charge in [0.2, 0.25) is 0 Å². The number of para-hydroxylation sites is 1. The van der Waals surface area contributed by atoms with Gasteiger partial charge in [0.1, 0.15) is 17.4 Å². The second-order valence-electron chi connectivity index (χ2n) is 4.90. The molecule has 5 heteroatoms. The van der Waals surface area contributed by atoms with Crippen molar-refractivity contribution in [2.45, 2.75) is 19.4 Å². The molecule has 4 nitrogen and oxygen atoms in total. The van der Waals surface area contributed by atoms with Crippen LogP contribution in [-0.2, 0) is 17.8 Å². The summed E-state index contributed by atoms with van der Waals surface area (Å²) in [6.45, 7) is 0.438. The number of nitrogens with zero attached hydrogens (tertiary/aromatic N) is 1. The van der Waals surface area contributed by atoms with Crippen LogP contribution in [0.15, 0.2) is 48.5 Å². The van der Waals surface area contributed by atoms with E-state index < -0.39 is 5.97 Å². The summed E-state index contributed by atoms with van der Waals surface area (Å²) in [5.74, 6) is -0.0190. The van der Waals surface area contributed by atoms with Gasteiger partial charge >= 0.3 is 5.97 Å². The maximum absolute atomic E-state index is 10.5. The lowest BCUT2D eigenvalue weighted by Crippen LogP contribution is -1.98. The smallest absolute Gasteiger partial charge is 0.303 e. The lowest BCUT2D eigenvalue weighted by atomic mass is 10.1. The number of aliphatic carboxylic acids is 1. The number of hydrogen-bond donors (Lipinski definition) is 1. The third kappa shape index (κ3) is 3.62. The Labute approximate surface area is 132 Å². The second-order valence-corrected chi connectivity index (χ2v) is 6.02. The van der Waals surface area contributed by atoms with Crippen LogP contribution in [0.4, 0.5) is 0 Å². The van der Waals surface area contributed by atoms with Crippen LogP contribution in [0.25, 0.3) is 10.2 Å². The summed E-state index contributed by atoms with van der Waals surface area (Å²) < 4.78 is 6.89. The Morgan fingerprint density at radius 1 is 1.14 bits per heavy atom. The molecule has 0 amide bonds. The van der Waals surface area contributed by atoms with Gasteiger partial charge in [0.05, 0.1) is 10.2 Å². The molecule has 0 aliphatic heterocycles. The number of fused-ring (bicyclic) bond motifs is 1. The molecule has 1 N–H and O–H groups in total. The molecule has 112 valence electrons. The number of carboxylic acid groups (broad SMARTS) is 1. The first-order valence-corrected chi connectivity index (χ1v) is 7.80. The number of carboxylic acids is 1. The summed E-state index contributed by atoms with van der Waals surface area (Å²) in [5.41, 5.74) is 1.99. The van der Waals surface area contributed by atoms with Crippen molar-refractivity contribution < 1.29 is 14.6 Å². The van der Waals surface area contributed by atoms with E-state index in [2.05, 4.69) is 4.98 Å². The lowest BCUT2D eigenvalue weighted by molar-refractivity contribution is -0.136. The standard InChI is InChI=1S/C17H15NO3S/c19-17(20)10-7-12-5-8-13(9-6-12)21-11-16-18-14-3-1-2-4-15(14)22-16/h1-6,8-9H,7,10-11H2,(H,19,20). The van der Waals surface area contributed by atoms with Gasteiger partial charge in [0.25, 0.3) is 0 Å². The third-order valence-electron chi connectivity index (χ3n) is 3.25. The van der Waals surface area contributed by atoms with Crippen LogP contribution in [0.2, 0.25) is 0 Å². The fourth-order valence-corrected chi connectivity index (χ4v) is 3.01. The monoisotopic (exact) mass is 313 g/mol. The molecule has 0 saturated carbocycles. The number of aryl methyl sites for hydroxylation is 1. The maximum atomic E-state index is 10.5. The van der Waals surface area contributed by atoms with Gasteiger partial charge in [-0.3, -0.25) is 4.79 Å². The molecule has 0 aliphatic rings. The first kappa shape index (κ1) is 14.5. The van der Waals surface area contributed by atoms with Gasteiger partial charge < -0.3 is 9.84 Å². The molecule has 0 spiro atoms. The van der Waals surface area contributed by atoms with E-state index in [1.54, 1.807) is 11.3 Å². The minimum atomic E-state index is -0.781. The minimum absolute atomic E-state index is 0.145. The van der Waals surface area contributed by atoms with Crippen molar-refractivity contribution in [1.82, 2.24) is 4.98 Å². The third-order valence-corrected chi connectivity index (χ3v) is 4.26. The lowest BCUT2D eigenvalue weighted by Gasteiger charge is -2.05. The number of carbonyl (C=O) groups is 1. The number of thiazole rings is 1. The molecule has 3 aromatic rings. The van der Waals surface area contributed by atoms with E-state index >= 15 is 0 Å². The topological polar surface area (TPSA) is 59.4 Å². The predicted molar refractivity (Wildman–Crippen MR) is 86.4 cm³/mol. The number of aromatic nitrogens is 1. The van der Waals surface area contributed by atoms with Gasteiger partial charge in [-0.05, 0) is 36.2 Å². The van der Waals surface area contributed by atoms with Crippen molar-refractivity contribution in [2.24, 2.45) is 0 Å². The molecule has 0 radical (unpaired) electrons. The van der Waals surface area contributed by atoms with Crippen LogP contribution >= 0.6 is 11.3 Å². The van der Waals surface area contributed by atoms with E-state index in [-0.39, 0.29) is 6.42 Å². The van der Waals surface area contributed by atoms with E-state index in [1.807, 2.05) is 48.5 Å². The van der Waals surface area contributed by atoms with Crippen LogP contribution in [0.3, 0.4) is 0 Å². The van der Waals surface area contributed by atoms with Crippen molar-refractivity contribution in [3.05, 3.63) is 59.1 Å². The fourth-order valence-electron chi connectivity index (χ4n) is 2.13. The Hall–Kier alpha value is -2.40. The van der Waals surface area contributed by atoms with Gasteiger partial charge in [-0.25, -0.2) is 4.98 Å². The first-order valence-electron chi connectivity index (χ1n) is 6.99. The number of benzene rings is 2. The quantitative estimate of drug-likeness (QED) is 0.750. The Morgan fingerprint density at radius 2 is 1.91 bits per heavy atom. The van der Waals surface area contributed by atoms with Gasteiger partial charge in [-0.1, -0.05) is 24.3 Å². The van der Waals surface area contributed by atoms with Crippen LogP contribution < -0.4 is 4.74 Å². The molecule has 0 saturated heterocycles. The molecule has 1 aromatic heterocycles. The Bertz CT molecular complexity index is 747. The molecular formula is C17H15NO3S. The van der Waals surface area contributed by atoms with Crippen LogP contribution in [-0.4, -0.2) is 16.1 Å². The Morgan fingerprint density at radius 3 is 2.64 bits per heavy atom. The number of ether oxygens (including phenoxy) is 1. The van der Waals surface area contributed by atoms with Crippen molar-refractivity contribution >= 4 is 27.5 Å². The van der Waals surface area contributed by atoms with E-state index in [1.165, 1.54) is 0 Å². The second kappa shape index (κ2) is 6.58. The van der Waals surface area contributed by atoms with Crippen LogP contribution in [0.5, 0.6) is 5.75 Å². The van der Waals surface area contributed by atoms with Crippen LogP contribution in [0, 0.1) is 0 Å². The van der Waals surface area contributed by atoms with Crippen molar-refractivity contribution in [3.8, 4) is 5.75 Å². The molecule has 3 rings (SSSR count). The molecule has 2 aromatic carbocycles. The highest BCUT2D eigenvalue weighted by molar-refractivity contribution is 7.18. The maximum Gasteiger partial charge on any atom is 0.303 e. The molecule has 22 heavy (non-hydrogen) atoms. The van der Waals surface area contributed by atoms with E-state index in [0.29, 0.717) is 13.0 Å². The molecule has 0 atom stereocenters. The summed E-state index contributed by atoms with van der Waals surface area (Å²) in [5, 5.41) is 9.61. The Kier molecular flexibility index (Phi) is 4.34. The van der Waals surface area contributed by atoms with Crippen molar-refractivity contribution in [1.29, 1.82) is 0 Å². The number of rotatable bonds is 6. The summed E-state index contributed by atoms with van der Waals surface area (Å²) in [6.07, 6.45) is 0.680. The molecule has 0 bridgehead atoms. The largest absolute Gasteiger partial charge is 0.486 e. The highest BCUT2D eigenvalue weighted by Crippen LogP contribution is 2.23. The zero-order valence-corrected chi connectivity index (χ0v) is 12.7. The fraction of sp³-hybridized carbons (Fsp3) is 0.176. The predicted octanol–water partition coefficient (Wildman–Crippen LogP) is 3.89. The summed E-state index contributed by atoms with van der Waals surface area (Å²) in [6, 6.07) is 15.5. The summed E-state index contributed by atoms with van der Waals surface area (Å²) >= 11 is 1.63. The zero-order valence-electron chi connectivity index (χ0n) is 11.9. The van der Waals surface area contributed by atoms with Gasteiger partial charge in [-0.15, -0.1) is 11.3 Å². The van der Waals surface area contributed by atoms with E-state index in [0.717, 1.165) is 26.5 Å². The van der Waals surface area contributed by atoms with Crippen molar-refractivity contribution in [3.63, 3.8) is 0 Å². The van der Waals surface area contributed by atoms with Gasteiger partial charge in [0.15, 0.2) is 0 Å². The first-order chi connectivity index (χ1) is 10.7. The van der Waals surface area contributed by atoms with Crippen molar-refractivity contribution in [2.75, 3.05) is 0 Å². The van der Waals surface area contributed by atoms with Crippen LogP contribution in [0.1, 0.15) is 17.0 Å². The summed E-state index contributed by atoms with van der Waals surface area (Å²) in [7, 11) is 0. The normalized spacial score (nSPS) is 10.7. The zero-order chi connectivity index (χ0) is 15.4. The van der Waals surface area contributed by atoms with Gasteiger partial charge in [-0.2, -0.15) is 0 Å². The highest BCUT2D eigenvalue weighted by Gasteiger charge is 2.04. The van der Waals surface area contributed by atoms with E-state index in [4.69, 9.17) is 9.84 Å². The average Bonchev–Trinajstić information content (AvgIpc) is 2.95. The number of hydrogen-bond acceptors (Lipinski definition) is 4. The molecule has 1 heterocycles. The van der Waals surface area contributed by atoms with Gasteiger partial charge in [0, 0.05) is 6.42 Å². The molecule has 0 unspecified atom stereocenters. The minimum Gasteiger partial charge on any atom is -0.486 e. The SMILES string of the molecule is O=C(O)CCc1ccc(OCc2nc3ccccc3s2)cc1. The highest BCUT2D eigenvalue weighted by atomic mass is 32.1. The molecular weight excluding hydrogens is 298 g/mol.